The van der Waals surface area contributed by atoms with E-state index in [2.05, 4.69) is 95.8 Å². The molecule has 7 aromatic rings. The summed E-state index contributed by atoms with van der Waals surface area (Å²) in [6.07, 6.45) is 9.79. The number of rotatable bonds is 5. The van der Waals surface area contributed by atoms with Crippen molar-refractivity contribution in [2.24, 2.45) is 0 Å². The molecule has 8 nitrogen and oxygen atoms in total. The Labute approximate surface area is 356 Å². The molecule has 0 N–H and O–H groups in total. The van der Waals surface area contributed by atoms with Crippen LogP contribution in [-0.4, -0.2) is 29.1 Å². The van der Waals surface area contributed by atoms with Gasteiger partial charge in [-0.25, -0.2) is 28.7 Å². The van der Waals surface area contributed by atoms with E-state index in [-0.39, 0.29) is 16.0 Å². The number of benzene rings is 3. The summed E-state index contributed by atoms with van der Waals surface area (Å²) in [6.45, 7) is 0. The van der Waals surface area contributed by atoms with Gasteiger partial charge in [0.2, 0.25) is 0 Å². The zero-order valence-electron chi connectivity index (χ0n) is 26.3. The van der Waals surface area contributed by atoms with E-state index in [0.29, 0.717) is 43.3 Å². The molecule has 0 spiro atoms. The van der Waals surface area contributed by atoms with Gasteiger partial charge in [0.15, 0.2) is 11.6 Å². The van der Waals surface area contributed by atoms with Crippen LogP contribution >= 0.6 is 98.5 Å². The molecule has 0 fully saturated rings. The SMILES string of the molecule is O=c1c(-c2ccccc2Br)cc(-c2ncccn2)cn1-c1cccc(F)c1.O=c1c(I)cc(-c2ncccn2)cn1-c1cccc(F)c1.[I][V]([I])[I]. The Balaban J connectivity index is 0.000000187. The zero-order valence-corrected chi connectivity index (χ0v) is 37.9. The molecule has 0 bridgehead atoms. The first-order chi connectivity index (χ1) is 25.0. The third kappa shape index (κ3) is 11.1. The molecule has 3 aromatic carbocycles. The van der Waals surface area contributed by atoms with Gasteiger partial charge in [0.05, 0.1) is 14.9 Å². The van der Waals surface area contributed by atoms with Crippen molar-refractivity contribution in [1.82, 2.24) is 29.1 Å². The number of hydrogen-bond acceptors (Lipinski definition) is 6. The van der Waals surface area contributed by atoms with E-state index in [1.54, 1.807) is 85.7 Å². The van der Waals surface area contributed by atoms with Gasteiger partial charge in [0.1, 0.15) is 11.6 Å². The van der Waals surface area contributed by atoms with Gasteiger partial charge < -0.3 is 0 Å². The Morgan fingerprint density at radius 2 is 1.04 bits per heavy atom. The van der Waals surface area contributed by atoms with E-state index in [4.69, 9.17) is 0 Å². The van der Waals surface area contributed by atoms with Crippen molar-refractivity contribution in [2.75, 3.05) is 0 Å². The molecule has 0 amide bonds. The molecule has 7 rings (SSSR count). The first-order valence-corrected chi connectivity index (χ1v) is 30.2. The summed E-state index contributed by atoms with van der Waals surface area (Å²) in [5.74, 6) is 0.190. The standard InChI is InChI=1S/C21H13BrFN3O.C15H9FIN3O.3HI.V/c22-19-8-2-1-7-17(19)18-11-14(20-24-9-4-10-25-20)13-26(21(18)27)16-6-3-5-15(23)12-16;16-11-3-1-4-12(8-11)20-9-10(7-13(17)15(20)21)14-18-5-2-6-19-14;;;;/h1-13H;1-9H;3*1H;/q;;;;;+3/p-3. The molecule has 0 aliphatic rings. The molecule has 0 radical (unpaired) electrons. The molecule has 0 atom stereocenters. The van der Waals surface area contributed by atoms with E-state index >= 15 is 0 Å². The van der Waals surface area contributed by atoms with Gasteiger partial charge in [0, 0.05) is 63.9 Å². The van der Waals surface area contributed by atoms with Gasteiger partial charge in [-0.05, 0) is 89.3 Å². The van der Waals surface area contributed by atoms with Gasteiger partial charge in [-0.3, -0.25) is 18.7 Å². The van der Waals surface area contributed by atoms with Crippen molar-refractivity contribution in [3.63, 3.8) is 0 Å². The van der Waals surface area contributed by atoms with Crippen LogP contribution < -0.4 is 11.1 Å². The van der Waals surface area contributed by atoms with Crippen molar-refractivity contribution < 1.29 is 13.7 Å². The van der Waals surface area contributed by atoms with E-state index in [1.165, 1.54) is 33.4 Å². The molecule has 52 heavy (non-hydrogen) atoms. The van der Waals surface area contributed by atoms with Crippen molar-refractivity contribution in [3.05, 3.63) is 175 Å². The van der Waals surface area contributed by atoms with Gasteiger partial charge in [-0.15, -0.1) is 0 Å². The van der Waals surface area contributed by atoms with Crippen molar-refractivity contribution >= 4 is 98.5 Å². The van der Waals surface area contributed by atoms with E-state index in [9.17, 15) is 18.4 Å². The van der Waals surface area contributed by atoms with Crippen LogP contribution in [0.25, 0.3) is 45.3 Å². The van der Waals surface area contributed by atoms with E-state index in [1.807, 2.05) is 46.9 Å². The molecule has 0 aliphatic carbocycles. The van der Waals surface area contributed by atoms with Crippen LogP contribution in [0.4, 0.5) is 8.78 Å². The molecular weight excluding hydrogens is 1220 g/mol. The molecule has 4 aromatic heterocycles. The van der Waals surface area contributed by atoms with Crippen LogP contribution in [-0.2, 0) is 4.92 Å². The fraction of sp³-hybridized carbons (Fsp3) is 0. The first kappa shape index (κ1) is 40.7. The quantitative estimate of drug-likeness (QED) is 0.159. The van der Waals surface area contributed by atoms with E-state index in [0.717, 1.165) is 10.0 Å². The predicted molar refractivity (Wildman–Crippen MR) is 234 cm³/mol. The third-order valence-electron chi connectivity index (χ3n) is 6.98. The van der Waals surface area contributed by atoms with Gasteiger partial charge in [-0.2, -0.15) is 0 Å². The molecule has 4 heterocycles. The zero-order chi connectivity index (χ0) is 37.2. The summed E-state index contributed by atoms with van der Waals surface area (Å²) in [6, 6.07) is 26.2. The summed E-state index contributed by atoms with van der Waals surface area (Å²) in [4.78, 5) is 42.1. The maximum atomic E-state index is 13.7. The first-order valence-electron chi connectivity index (χ1n) is 14.8. The monoisotopic (exact) mass is 1250 g/mol. The average molecular weight is 1250 g/mol. The van der Waals surface area contributed by atoms with Crippen LogP contribution in [0.15, 0.2) is 148 Å². The summed E-state index contributed by atoms with van der Waals surface area (Å²) in [5.41, 5.74) is 3.01. The second-order valence-corrected chi connectivity index (χ2v) is 47.7. The molecular formula is C36H22BrF2I4N6O2V. The minimum atomic E-state index is -0.414. The summed E-state index contributed by atoms with van der Waals surface area (Å²) in [7, 11) is 0. The Morgan fingerprint density at radius 1 is 0.577 bits per heavy atom. The van der Waals surface area contributed by atoms with Gasteiger partial charge in [-0.1, -0.05) is 46.3 Å². The van der Waals surface area contributed by atoms with Gasteiger partial charge >= 0.3 is 64.9 Å². The number of aromatic nitrogens is 6. The summed E-state index contributed by atoms with van der Waals surface area (Å²) in [5, 5.41) is 0. The van der Waals surface area contributed by atoms with Crippen LogP contribution in [0.5, 0.6) is 0 Å². The van der Waals surface area contributed by atoms with Crippen molar-refractivity contribution in [2.45, 2.75) is 0 Å². The molecule has 0 saturated heterocycles. The Bertz CT molecular complexity index is 2420. The molecule has 0 unspecified atom stereocenters. The number of halogens is 7. The predicted octanol–water partition coefficient (Wildman–Crippen LogP) is 10.6. The van der Waals surface area contributed by atoms with Crippen molar-refractivity contribution in [3.8, 4) is 45.3 Å². The average Bonchev–Trinajstić information content (AvgIpc) is 3.14. The maximum absolute atomic E-state index is 13.7. The number of hydrogen-bond donors (Lipinski definition) is 0. The fourth-order valence-corrected chi connectivity index (χ4v) is 5.87. The normalized spacial score (nSPS) is 10.5. The number of nitrogens with zero attached hydrogens (tertiary/aromatic N) is 6. The Morgan fingerprint density at radius 3 is 1.52 bits per heavy atom. The molecule has 0 saturated carbocycles. The molecule has 262 valence electrons. The molecule has 16 heteroatoms. The second kappa shape index (κ2) is 19.8. The summed E-state index contributed by atoms with van der Waals surface area (Å²) >= 11 is 12.8. The Hall–Kier alpha value is -2.44. The number of pyridine rings is 2. The van der Waals surface area contributed by atoms with Crippen LogP contribution in [0.1, 0.15) is 0 Å². The summed E-state index contributed by atoms with van der Waals surface area (Å²) < 4.78 is 31.2. The fourth-order valence-electron chi connectivity index (χ4n) is 4.78. The van der Waals surface area contributed by atoms with Gasteiger partial charge in [0.25, 0.3) is 11.1 Å². The second-order valence-electron chi connectivity index (χ2n) is 10.3. The third-order valence-corrected chi connectivity index (χ3v) is 8.44. The van der Waals surface area contributed by atoms with Crippen LogP contribution in [0.2, 0.25) is 0 Å². The van der Waals surface area contributed by atoms with Crippen LogP contribution in [0.3, 0.4) is 0 Å². The van der Waals surface area contributed by atoms with Crippen molar-refractivity contribution in [1.29, 1.82) is 0 Å². The topological polar surface area (TPSA) is 95.6 Å². The minimum absolute atomic E-state index is 0.208. The van der Waals surface area contributed by atoms with E-state index < -0.39 is 11.6 Å². The molecule has 0 aliphatic heterocycles. The Kier molecular flexibility index (Phi) is 15.5. The van der Waals surface area contributed by atoms with Crippen LogP contribution in [0, 0.1) is 15.2 Å².